The van der Waals surface area contributed by atoms with Gasteiger partial charge in [-0.3, -0.25) is 4.98 Å². The van der Waals surface area contributed by atoms with Gasteiger partial charge in [-0.05, 0) is 52.0 Å². The van der Waals surface area contributed by atoms with Gasteiger partial charge in [0.05, 0.1) is 5.69 Å². The molecule has 1 aliphatic rings. The molecule has 1 fully saturated rings. The average Bonchev–Trinajstić information content (AvgIpc) is 2.68. The van der Waals surface area contributed by atoms with Crippen LogP contribution in [0, 0.1) is 0 Å². The Kier molecular flexibility index (Phi) is 6.47. The Morgan fingerprint density at radius 1 is 1.29 bits per heavy atom. The second-order valence-corrected chi connectivity index (χ2v) is 8.47. The molecule has 1 saturated heterocycles. The number of piperazine rings is 1. The van der Waals surface area contributed by atoms with E-state index in [4.69, 9.17) is 10.5 Å². The molecule has 31 heavy (non-hydrogen) atoms. The number of amides is 1. The highest BCUT2D eigenvalue weighted by atomic mass is 19.3. The Balaban J connectivity index is 1.73. The van der Waals surface area contributed by atoms with Crippen molar-refractivity contribution in [2.45, 2.75) is 45.8 Å². The van der Waals surface area contributed by atoms with E-state index in [1.54, 1.807) is 23.1 Å². The fourth-order valence-electron chi connectivity index (χ4n) is 3.29. The Hall–Kier alpha value is -3.17. The van der Waals surface area contributed by atoms with E-state index >= 15 is 0 Å². The Morgan fingerprint density at radius 2 is 2.03 bits per heavy atom. The maximum atomic E-state index is 12.9. The molecule has 1 amide bonds. The molecule has 0 bridgehead atoms. The molecule has 8 nitrogen and oxygen atoms in total. The van der Waals surface area contributed by atoms with Gasteiger partial charge >= 0.3 is 6.09 Å². The zero-order valence-electron chi connectivity index (χ0n) is 18.1. The summed E-state index contributed by atoms with van der Waals surface area (Å²) in [6, 6.07) is 6.35. The van der Waals surface area contributed by atoms with Crippen molar-refractivity contribution in [1.29, 1.82) is 0 Å². The van der Waals surface area contributed by atoms with Gasteiger partial charge in [0.25, 0.3) is 6.43 Å². The number of ether oxygens (including phenoxy) is 1. The lowest BCUT2D eigenvalue weighted by molar-refractivity contribution is 0.0218. The number of carbonyl (C=O) groups excluding carboxylic acids is 1. The third-order valence-electron chi connectivity index (χ3n) is 4.75. The third kappa shape index (κ3) is 5.71. The van der Waals surface area contributed by atoms with Crippen molar-refractivity contribution in [3.8, 4) is 0 Å². The third-order valence-corrected chi connectivity index (χ3v) is 4.75. The van der Waals surface area contributed by atoms with Crippen molar-refractivity contribution in [3.05, 3.63) is 36.2 Å². The van der Waals surface area contributed by atoms with Crippen LogP contribution in [0.25, 0.3) is 0 Å². The summed E-state index contributed by atoms with van der Waals surface area (Å²) >= 11 is 0. The number of rotatable bonds is 4. The normalized spacial score (nSPS) is 17.1. The molecule has 0 spiro atoms. The summed E-state index contributed by atoms with van der Waals surface area (Å²) < 4.78 is 31.3. The van der Waals surface area contributed by atoms with Crippen molar-refractivity contribution in [1.82, 2.24) is 14.9 Å². The van der Waals surface area contributed by atoms with E-state index in [0.717, 1.165) is 0 Å². The Morgan fingerprint density at radius 3 is 2.68 bits per heavy atom. The molecule has 2 aromatic heterocycles. The Labute approximate surface area is 180 Å². The molecule has 0 unspecified atom stereocenters. The van der Waals surface area contributed by atoms with Crippen LogP contribution in [0.3, 0.4) is 0 Å². The van der Waals surface area contributed by atoms with E-state index < -0.39 is 12.0 Å². The van der Waals surface area contributed by atoms with E-state index in [-0.39, 0.29) is 17.8 Å². The number of pyridine rings is 2. The van der Waals surface area contributed by atoms with Crippen LogP contribution in [-0.2, 0) is 4.74 Å². The number of nitrogens with zero attached hydrogens (tertiary/aromatic N) is 4. The SMILES string of the molecule is C[C@@H]1CN(C(=O)OC(C)(C)C)CCN1c1ccc(N)c(Nc2ccnc(C(F)F)c2)n1. The quantitative estimate of drug-likeness (QED) is 0.745. The lowest BCUT2D eigenvalue weighted by Crippen LogP contribution is -2.54. The fourth-order valence-corrected chi connectivity index (χ4v) is 3.29. The van der Waals surface area contributed by atoms with Gasteiger partial charge < -0.3 is 25.6 Å². The number of halogens is 2. The number of carbonyl (C=O) groups is 1. The molecular formula is C21H28F2N6O2. The van der Waals surface area contributed by atoms with Crippen LogP contribution in [0.4, 0.5) is 36.6 Å². The van der Waals surface area contributed by atoms with Crippen LogP contribution in [-0.4, -0.2) is 52.2 Å². The number of nitrogens with two attached hydrogens (primary N) is 1. The van der Waals surface area contributed by atoms with Gasteiger partial charge in [0.1, 0.15) is 17.1 Å². The molecule has 10 heteroatoms. The van der Waals surface area contributed by atoms with E-state index in [2.05, 4.69) is 20.2 Å². The van der Waals surface area contributed by atoms with Crippen LogP contribution < -0.4 is 16.0 Å². The summed E-state index contributed by atoms with van der Waals surface area (Å²) in [6.07, 6.45) is -1.69. The second kappa shape index (κ2) is 8.91. The summed E-state index contributed by atoms with van der Waals surface area (Å²) in [5.74, 6) is 1.04. The zero-order chi connectivity index (χ0) is 22.8. The van der Waals surface area contributed by atoms with E-state index in [0.29, 0.717) is 42.6 Å². The topological polar surface area (TPSA) is 96.6 Å². The standard InChI is InChI=1S/C21H28F2N6O2/c1-13-12-28(20(30)31-21(2,3)4)9-10-29(13)17-6-5-15(24)19(27-17)26-14-7-8-25-16(11-14)18(22)23/h5-8,11,13,18H,9-10,12,24H2,1-4H3,(H,25,26,27)/t13-/m1/s1. The molecule has 2 aromatic rings. The van der Waals surface area contributed by atoms with Crippen LogP contribution in [0.1, 0.15) is 39.8 Å². The highest BCUT2D eigenvalue weighted by Gasteiger charge is 2.30. The summed E-state index contributed by atoms with van der Waals surface area (Å²) in [5, 5.41) is 2.99. The fraction of sp³-hybridized carbons (Fsp3) is 0.476. The summed E-state index contributed by atoms with van der Waals surface area (Å²) in [6.45, 7) is 9.07. The molecule has 168 valence electrons. The molecular weight excluding hydrogens is 406 g/mol. The number of alkyl halides is 2. The molecule has 0 radical (unpaired) electrons. The highest BCUT2D eigenvalue weighted by Crippen LogP contribution is 2.28. The molecule has 3 N–H and O–H groups in total. The Bertz CT molecular complexity index is 934. The number of nitrogens with one attached hydrogen (secondary N) is 1. The van der Waals surface area contributed by atoms with Crippen LogP contribution >= 0.6 is 0 Å². The number of aromatic nitrogens is 2. The first-order valence-corrected chi connectivity index (χ1v) is 10.1. The molecule has 0 aliphatic carbocycles. The first kappa shape index (κ1) is 22.5. The molecule has 3 rings (SSSR count). The predicted octanol–water partition coefficient (Wildman–Crippen LogP) is 4.19. The number of nitrogen functional groups attached to an aromatic ring is 1. The number of hydrogen-bond acceptors (Lipinski definition) is 7. The van der Waals surface area contributed by atoms with E-state index in [1.807, 2.05) is 27.7 Å². The van der Waals surface area contributed by atoms with Crippen LogP contribution in [0.15, 0.2) is 30.5 Å². The van der Waals surface area contributed by atoms with Crippen molar-refractivity contribution in [2.24, 2.45) is 0 Å². The summed E-state index contributed by atoms with van der Waals surface area (Å²) in [7, 11) is 0. The molecule has 3 heterocycles. The van der Waals surface area contributed by atoms with Gasteiger partial charge in [-0.2, -0.15) is 0 Å². The first-order chi connectivity index (χ1) is 14.5. The smallest absolute Gasteiger partial charge is 0.410 e. The highest BCUT2D eigenvalue weighted by molar-refractivity contribution is 5.71. The van der Waals surface area contributed by atoms with Gasteiger partial charge in [0, 0.05) is 37.6 Å². The van der Waals surface area contributed by atoms with E-state index in [1.165, 1.54) is 12.3 Å². The second-order valence-electron chi connectivity index (χ2n) is 8.47. The number of anilines is 4. The predicted molar refractivity (Wildman–Crippen MR) is 116 cm³/mol. The van der Waals surface area contributed by atoms with Gasteiger partial charge in [-0.15, -0.1) is 0 Å². The molecule has 1 atom stereocenters. The summed E-state index contributed by atoms with van der Waals surface area (Å²) in [4.78, 5) is 24.4. The largest absolute Gasteiger partial charge is 0.444 e. The van der Waals surface area contributed by atoms with Gasteiger partial charge in [-0.25, -0.2) is 18.6 Å². The molecule has 0 aromatic carbocycles. The number of hydrogen-bond donors (Lipinski definition) is 2. The maximum Gasteiger partial charge on any atom is 0.410 e. The van der Waals surface area contributed by atoms with Crippen molar-refractivity contribution in [3.63, 3.8) is 0 Å². The molecule has 1 aliphatic heterocycles. The minimum atomic E-state index is -2.67. The first-order valence-electron chi connectivity index (χ1n) is 10.1. The van der Waals surface area contributed by atoms with Crippen molar-refractivity contribution >= 4 is 29.1 Å². The lowest BCUT2D eigenvalue weighted by atomic mass is 10.2. The van der Waals surface area contributed by atoms with Crippen LogP contribution in [0.5, 0.6) is 0 Å². The van der Waals surface area contributed by atoms with Crippen molar-refractivity contribution in [2.75, 3.05) is 35.6 Å². The van der Waals surface area contributed by atoms with Gasteiger partial charge in [0.15, 0.2) is 5.82 Å². The van der Waals surface area contributed by atoms with Gasteiger partial charge in [-0.1, -0.05) is 0 Å². The average molecular weight is 434 g/mol. The minimum Gasteiger partial charge on any atom is -0.444 e. The molecule has 0 saturated carbocycles. The summed E-state index contributed by atoms with van der Waals surface area (Å²) in [5.41, 5.74) is 5.98. The van der Waals surface area contributed by atoms with Crippen LogP contribution in [0.2, 0.25) is 0 Å². The van der Waals surface area contributed by atoms with E-state index in [9.17, 15) is 13.6 Å². The monoisotopic (exact) mass is 434 g/mol. The van der Waals surface area contributed by atoms with Crippen molar-refractivity contribution < 1.29 is 18.3 Å². The lowest BCUT2D eigenvalue weighted by Gasteiger charge is -2.40. The maximum absolute atomic E-state index is 12.9. The zero-order valence-corrected chi connectivity index (χ0v) is 18.1. The minimum absolute atomic E-state index is 0.00314. The van der Waals surface area contributed by atoms with Gasteiger partial charge in [0.2, 0.25) is 0 Å².